The number of aromatic hydroxyl groups is 1. The van der Waals surface area contributed by atoms with E-state index in [-0.39, 0.29) is 18.1 Å². The van der Waals surface area contributed by atoms with E-state index in [4.69, 9.17) is 23.0 Å². The summed E-state index contributed by atoms with van der Waals surface area (Å²) in [5, 5.41) is 11.9. The van der Waals surface area contributed by atoms with Crippen molar-refractivity contribution in [2.24, 2.45) is 28.0 Å². The molecule has 0 aliphatic rings. The van der Waals surface area contributed by atoms with Crippen LogP contribution in [0.2, 0.25) is 0 Å². The fourth-order valence-corrected chi connectivity index (χ4v) is 2.32. The van der Waals surface area contributed by atoms with Crippen molar-refractivity contribution in [1.82, 2.24) is 10.7 Å². The summed E-state index contributed by atoms with van der Waals surface area (Å²) in [5.74, 6) is 4.49. The topological polar surface area (TPSA) is 195 Å². The highest BCUT2D eigenvalue weighted by atomic mass is 16.3. The van der Waals surface area contributed by atoms with E-state index in [1.165, 1.54) is 12.1 Å². The molecule has 0 fully saturated rings. The molecule has 10 nitrogen and oxygen atoms in total. The number of carbonyl (C=O) groups excluding carboxylic acids is 2. The molecule has 1 aromatic carbocycles. The third kappa shape index (κ3) is 7.81. The van der Waals surface area contributed by atoms with E-state index < -0.39 is 23.9 Å². The van der Waals surface area contributed by atoms with Gasteiger partial charge in [0.15, 0.2) is 5.96 Å². The quantitative estimate of drug-likeness (QED) is 0.0787. The molecule has 0 radical (unpaired) electrons. The highest BCUT2D eigenvalue weighted by Gasteiger charge is 2.23. The number of amides is 2. The molecule has 0 aliphatic heterocycles. The standard InChI is InChI=1S/C16H27N7O3/c17-14(25)13(9-10-4-6-11(24)7-5-10)22-15(26)12(23-20)3-1-2-8-21-16(18)19/h4-7,12-13,23-24H,1-3,8-9,20H2,(H2,17,25)(H,22,26)(H4,18,19,21)/t12-,13-/m0/s1. The molecule has 0 unspecified atom stereocenters. The zero-order chi connectivity index (χ0) is 19.5. The number of nitrogens with two attached hydrogens (primary N) is 4. The summed E-state index contributed by atoms with van der Waals surface area (Å²) in [6.07, 6.45) is 2.02. The third-order valence-corrected chi connectivity index (χ3v) is 3.75. The summed E-state index contributed by atoms with van der Waals surface area (Å²) in [6.45, 7) is 0.464. The summed E-state index contributed by atoms with van der Waals surface area (Å²) < 4.78 is 0. The number of nitrogens with one attached hydrogen (secondary N) is 2. The van der Waals surface area contributed by atoms with Gasteiger partial charge in [-0.2, -0.15) is 0 Å². The van der Waals surface area contributed by atoms with Crippen LogP contribution in [0.15, 0.2) is 29.3 Å². The van der Waals surface area contributed by atoms with E-state index in [2.05, 4.69) is 15.7 Å². The van der Waals surface area contributed by atoms with Gasteiger partial charge in [0.05, 0.1) is 6.04 Å². The Morgan fingerprint density at radius 3 is 2.27 bits per heavy atom. The maximum Gasteiger partial charge on any atom is 0.240 e. The highest BCUT2D eigenvalue weighted by molar-refractivity contribution is 5.89. The highest BCUT2D eigenvalue weighted by Crippen LogP contribution is 2.11. The first kappa shape index (κ1) is 21.2. The van der Waals surface area contributed by atoms with Gasteiger partial charge < -0.3 is 27.6 Å². The first-order valence-electron chi connectivity index (χ1n) is 8.22. The zero-order valence-corrected chi connectivity index (χ0v) is 14.5. The van der Waals surface area contributed by atoms with Crippen LogP contribution < -0.4 is 33.8 Å². The molecule has 2 atom stereocenters. The summed E-state index contributed by atoms with van der Waals surface area (Å²) in [7, 11) is 0. The Kier molecular flexibility index (Phi) is 8.88. The second kappa shape index (κ2) is 10.9. The molecule has 1 rings (SSSR count). The number of unbranched alkanes of at least 4 members (excludes halogenated alkanes) is 1. The molecule has 2 amide bonds. The molecule has 0 aliphatic carbocycles. The SMILES string of the molecule is NN[C@@H](CCCCN=C(N)N)C(=O)N[C@@H](Cc1ccc(O)cc1)C(N)=O. The molecule has 0 aromatic heterocycles. The summed E-state index contributed by atoms with van der Waals surface area (Å²) >= 11 is 0. The maximum atomic E-state index is 12.3. The van der Waals surface area contributed by atoms with Crippen LogP contribution in [0.5, 0.6) is 5.75 Å². The van der Waals surface area contributed by atoms with E-state index in [1.54, 1.807) is 12.1 Å². The molecular weight excluding hydrogens is 338 g/mol. The van der Waals surface area contributed by atoms with E-state index in [0.29, 0.717) is 25.8 Å². The Morgan fingerprint density at radius 2 is 1.73 bits per heavy atom. The molecule has 0 saturated heterocycles. The monoisotopic (exact) mass is 365 g/mol. The van der Waals surface area contributed by atoms with Gasteiger partial charge in [0.1, 0.15) is 11.8 Å². The van der Waals surface area contributed by atoms with Crippen molar-refractivity contribution >= 4 is 17.8 Å². The molecule has 11 N–H and O–H groups in total. The third-order valence-electron chi connectivity index (χ3n) is 3.75. The Bertz CT molecular complexity index is 615. The Balaban J connectivity index is 2.56. The van der Waals surface area contributed by atoms with Crippen molar-refractivity contribution in [3.8, 4) is 5.75 Å². The molecule has 10 heteroatoms. The van der Waals surface area contributed by atoms with E-state index >= 15 is 0 Å². The van der Waals surface area contributed by atoms with Crippen LogP contribution in [0.3, 0.4) is 0 Å². The summed E-state index contributed by atoms with van der Waals surface area (Å²) in [5.41, 5.74) is 19.0. The number of phenolic OH excluding ortho intramolecular Hbond substituents is 1. The number of hydrogen-bond donors (Lipinski definition) is 7. The molecule has 1 aromatic rings. The second-order valence-corrected chi connectivity index (χ2v) is 5.86. The molecule has 0 spiro atoms. The van der Waals surface area contributed by atoms with E-state index in [1.807, 2.05) is 0 Å². The lowest BCUT2D eigenvalue weighted by atomic mass is 10.0. The number of benzene rings is 1. The maximum absolute atomic E-state index is 12.3. The normalized spacial score (nSPS) is 12.8. The van der Waals surface area contributed by atoms with Gasteiger partial charge in [-0.05, 0) is 37.0 Å². The van der Waals surface area contributed by atoms with Crippen LogP contribution in [0.25, 0.3) is 0 Å². The number of guanidine groups is 1. The summed E-state index contributed by atoms with van der Waals surface area (Å²) in [6, 6.07) is 4.74. The molecule has 144 valence electrons. The Labute approximate surface area is 152 Å². The number of hydrazine groups is 1. The van der Waals surface area contributed by atoms with Crippen molar-refractivity contribution in [2.75, 3.05) is 6.54 Å². The van der Waals surface area contributed by atoms with Crippen molar-refractivity contribution in [3.63, 3.8) is 0 Å². The Morgan fingerprint density at radius 1 is 1.08 bits per heavy atom. The molecular formula is C16H27N7O3. The Hall–Kier alpha value is -2.85. The minimum atomic E-state index is -0.885. The molecule has 0 saturated carbocycles. The van der Waals surface area contributed by atoms with Crippen molar-refractivity contribution < 1.29 is 14.7 Å². The predicted molar refractivity (Wildman–Crippen MR) is 98.6 cm³/mol. The van der Waals surface area contributed by atoms with Gasteiger partial charge in [-0.1, -0.05) is 12.1 Å². The smallest absolute Gasteiger partial charge is 0.240 e. The lowest BCUT2D eigenvalue weighted by Gasteiger charge is -2.20. The fourth-order valence-electron chi connectivity index (χ4n) is 2.32. The van der Waals surface area contributed by atoms with Crippen LogP contribution in [0, 0.1) is 0 Å². The molecule has 26 heavy (non-hydrogen) atoms. The van der Waals surface area contributed by atoms with Crippen molar-refractivity contribution in [2.45, 2.75) is 37.8 Å². The van der Waals surface area contributed by atoms with Crippen molar-refractivity contribution in [3.05, 3.63) is 29.8 Å². The number of primary amides is 1. The van der Waals surface area contributed by atoms with Gasteiger partial charge in [-0.3, -0.25) is 20.4 Å². The minimum Gasteiger partial charge on any atom is -0.508 e. The van der Waals surface area contributed by atoms with E-state index in [9.17, 15) is 14.7 Å². The number of carbonyl (C=O) groups is 2. The molecule has 0 heterocycles. The summed E-state index contributed by atoms with van der Waals surface area (Å²) in [4.78, 5) is 27.8. The van der Waals surface area contributed by atoms with Gasteiger partial charge in [0.25, 0.3) is 0 Å². The zero-order valence-electron chi connectivity index (χ0n) is 14.5. The average molecular weight is 365 g/mol. The van der Waals surface area contributed by atoms with Crippen molar-refractivity contribution in [1.29, 1.82) is 0 Å². The minimum absolute atomic E-state index is 0.0229. The second-order valence-electron chi connectivity index (χ2n) is 5.86. The number of phenols is 1. The fraction of sp³-hybridized carbons (Fsp3) is 0.438. The van der Waals surface area contributed by atoms with Gasteiger partial charge in [-0.15, -0.1) is 0 Å². The van der Waals surface area contributed by atoms with Gasteiger partial charge in [0.2, 0.25) is 11.8 Å². The van der Waals surface area contributed by atoms with Gasteiger partial charge in [-0.25, -0.2) is 5.43 Å². The lowest BCUT2D eigenvalue weighted by Crippen LogP contribution is -2.54. The van der Waals surface area contributed by atoms with Crippen LogP contribution in [-0.2, 0) is 16.0 Å². The van der Waals surface area contributed by atoms with Crippen LogP contribution >= 0.6 is 0 Å². The van der Waals surface area contributed by atoms with E-state index in [0.717, 1.165) is 5.56 Å². The van der Waals surface area contributed by atoms with Gasteiger partial charge in [0, 0.05) is 13.0 Å². The number of rotatable bonds is 11. The first-order chi connectivity index (χ1) is 12.3. The average Bonchev–Trinajstić information content (AvgIpc) is 2.58. The number of aliphatic imine (C=N–C) groups is 1. The largest absolute Gasteiger partial charge is 0.508 e. The number of nitrogens with zero attached hydrogens (tertiary/aromatic N) is 1. The molecule has 0 bridgehead atoms. The van der Waals surface area contributed by atoms with Crippen LogP contribution in [0.4, 0.5) is 0 Å². The van der Waals surface area contributed by atoms with Crippen LogP contribution in [0.1, 0.15) is 24.8 Å². The van der Waals surface area contributed by atoms with Crippen LogP contribution in [-0.4, -0.2) is 41.5 Å². The number of hydrogen-bond acceptors (Lipinski definition) is 6. The lowest BCUT2D eigenvalue weighted by molar-refractivity contribution is -0.128. The predicted octanol–water partition coefficient (Wildman–Crippen LogP) is -1.82. The van der Waals surface area contributed by atoms with Gasteiger partial charge >= 0.3 is 0 Å². The first-order valence-corrected chi connectivity index (χ1v) is 8.22.